The largest absolute Gasteiger partial charge is 0.425 e. The normalized spacial score (nSPS) is 31.3. The third-order valence-electron chi connectivity index (χ3n) is 9.27. The molecule has 6 nitrogen and oxygen atoms in total. The molecule has 0 saturated heterocycles. The lowest BCUT2D eigenvalue weighted by Crippen LogP contribution is -2.25. The van der Waals surface area contributed by atoms with Crippen molar-refractivity contribution in [3.05, 3.63) is 58.7 Å². The van der Waals surface area contributed by atoms with Gasteiger partial charge in [-0.2, -0.15) is 0 Å². The third kappa shape index (κ3) is 3.30. The van der Waals surface area contributed by atoms with Crippen LogP contribution in [0, 0.1) is 35.5 Å². The van der Waals surface area contributed by atoms with E-state index in [2.05, 4.69) is 0 Å². The molecule has 7 rings (SSSR count). The minimum Gasteiger partial charge on any atom is -0.425 e. The molecule has 0 amide bonds. The Labute approximate surface area is 209 Å². The van der Waals surface area contributed by atoms with E-state index in [1.54, 1.807) is 36.4 Å². The molecule has 0 bridgehead atoms. The van der Waals surface area contributed by atoms with Crippen molar-refractivity contribution in [1.29, 1.82) is 0 Å². The van der Waals surface area contributed by atoms with Gasteiger partial charge in [0, 0.05) is 11.1 Å². The summed E-state index contributed by atoms with van der Waals surface area (Å²) < 4.78 is 11.6. The smallest absolute Gasteiger partial charge is 0.314 e. The van der Waals surface area contributed by atoms with E-state index in [1.807, 2.05) is 0 Å². The molecular weight excluding hydrogens is 456 g/mol. The van der Waals surface area contributed by atoms with Crippen LogP contribution in [0.5, 0.6) is 11.5 Å². The van der Waals surface area contributed by atoms with Gasteiger partial charge >= 0.3 is 11.9 Å². The predicted molar refractivity (Wildman–Crippen MR) is 129 cm³/mol. The highest BCUT2D eigenvalue weighted by molar-refractivity contribution is 6.30. The highest BCUT2D eigenvalue weighted by atomic mass is 16.5. The van der Waals surface area contributed by atoms with Gasteiger partial charge in [-0.1, -0.05) is 49.9 Å². The monoisotopic (exact) mass is 484 g/mol. The van der Waals surface area contributed by atoms with Crippen molar-refractivity contribution in [2.24, 2.45) is 35.5 Å². The Bertz CT molecular complexity index is 1200. The summed E-state index contributed by atoms with van der Waals surface area (Å²) in [5.74, 6) is 0.0587. The van der Waals surface area contributed by atoms with Crippen molar-refractivity contribution in [2.45, 2.75) is 51.4 Å². The topological polar surface area (TPSA) is 86.7 Å². The molecule has 6 atom stereocenters. The zero-order valence-corrected chi connectivity index (χ0v) is 20.0. The van der Waals surface area contributed by atoms with E-state index in [4.69, 9.17) is 9.47 Å². The molecule has 0 radical (unpaired) electrons. The summed E-state index contributed by atoms with van der Waals surface area (Å²) in [6, 6.07) is 9.58. The molecule has 6 heteroatoms. The Morgan fingerprint density at radius 1 is 0.583 bits per heavy atom. The number of hydrogen-bond acceptors (Lipinski definition) is 6. The zero-order valence-electron chi connectivity index (χ0n) is 20.0. The van der Waals surface area contributed by atoms with Gasteiger partial charge in [-0.25, -0.2) is 0 Å². The summed E-state index contributed by atoms with van der Waals surface area (Å²) in [4.78, 5) is 53.2. The molecular formula is C30H28O6. The number of hydrogen-bond donors (Lipinski definition) is 0. The van der Waals surface area contributed by atoms with E-state index in [0.717, 1.165) is 51.4 Å². The molecule has 2 aromatic carbocycles. The molecule has 0 aromatic heterocycles. The van der Waals surface area contributed by atoms with Gasteiger partial charge in [0.25, 0.3) is 0 Å². The van der Waals surface area contributed by atoms with Gasteiger partial charge in [0.15, 0.2) is 5.78 Å². The summed E-state index contributed by atoms with van der Waals surface area (Å²) in [5.41, 5.74) is 0.580. The minimum atomic E-state index is -0.451. The van der Waals surface area contributed by atoms with E-state index in [0.29, 0.717) is 23.7 Å². The lowest BCUT2D eigenvalue weighted by molar-refractivity contribution is -0.137. The molecule has 2 unspecified atom stereocenters. The molecule has 4 fully saturated rings. The van der Waals surface area contributed by atoms with Crippen molar-refractivity contribution >= 4 is 23.5 Å². The number of carbonyl (C=O) groups is 4. The maximum atomic E-state index is 13.8. The number of carbonyl (C=O) groups excluding carboxylic acids is 4. The standard InChI is InChI=1S/C30H28O6/c31-27-19-11-5-13-21(35-29(33)23-15-7-1-2-8-16(15)23)25(19)28(32)26-20(27)12-6-14-22(26)36-30(34)24-17-9-3-4-10-18(17)24/h5-6,11-18,23-24H,1-4,7-10H2/t15-,16+,17-,18+,23?,24?. The van der Waals surface area contributed by atoms with Crippen LogP contribution in [0.25, 0.3) is 0 Å². The van der Waals surface area contributed by atoms with E-state index in [-0.39, 0.29) is 63.3 Å². The van der Waals surface area contributed by atoms with Crippen LogP contribution in [-0.2, 0) is 9.59 Å². The van der Waals surface area contributed by atoms with E-state index in [9.17, 15) is 19.2 Å². The first-order valence-electron chi connectivity index (χ1n) is 13.3. The summed E-state index contributed by atoms with van der Waals surface area (Å²) in [6.45, 7) is 0. The Morgan fingerprint density at radius 2 is 0.972 bits per heavy atom. The third-order valence-corrected chi connectivity index (χ3v) is 9.27. The van der Waals surface area contributed by atoms with Crippen LogP contribution in [0.1, 0.15) is 83.2 Å². The second kappa shape index (κ2) is 8.12. The number of fused-ring (bicyclic) bond motifs is 4. The van der Waals surface area contributed by atoms with Gasteiger partial charge in [-0.15, -0.1) is 0 Å². The predicted octanol–water partition coefficient (Wildman–Crippen LogP) is 5.15. The first-order chi connectivity index (χ1) is 17.5. The number of benzene rings is 2. The van der Waals surface area contributed by atoms with Gasteiger partial charge in [0.1, 0.15) is 11.5 Å². The summed E-state index contributed by atoms with van der Waals surface area (Å²) in [7, 11) is 0. The van der Waals surface area contributed by atoms with E-state index in [1.165, 1.54) is 0 Å². The second-order valence-electron chi connectivity index (χ2n) is 11.1. The lowest BCUT2D eigenvalue weighted by atomic mass is 9.83. The molecule has 0 spiro atoms. The zero-order chi connectivity index (χ0) is 24.6. The maximum Gasteiger partial charge on any atom is 0.314 e. The molecule has 0 N–H and O–H groups in total. The molecule has 36 heavy (non-hydrogen) atoms. The van der Waals surface area contributed by atoms with E-state index < -0.39 is 5.78 Å². The number of rotatable bonds is 4. The Kier molecular flexibility index (Phi) is 4.95. The van der Waals surface area contributed by atoms with Gasteiger partial charge in [0.2, 0.25) is 5.78 Å². The Balaban J connectivity index is 1.19. The molecule has 2 aromatic rings. The van der Waals surface area contributed by atoms with Crippen LogP contribution in [0.15, 0.2) is 36.4 Å². The fraction of sp³-hybridized carbons (Fsp3) is 0.467. The summed E-state index contributed by atoms with van der Waals surface area (Å²) in [5, 5.41) is 0. The average molecular weight is 485 g/mol. The van der Waals surface area contributed by atoms with Gasteiger partial charge < -0.3 is 9.47 Å². The van der Waals surface area contributed by atoms with Crippen LogP contribution in [0.3, 0.4) is 0 Å². The molecule has 4 saturated carbocycles. The van der Waals surface area contributed by atoms with Crippen LogP contribution in [0.2, 0.25) is 0 Å². The fourth-order valence-electron chi connectivity index (χ4n) is 7.39. The van der Waals surface area contributed by atoms with Gasteiger partial charge in [-0.05, 0) is 61.5 Å². The van der Waals surface area contributed by atoms with Crippen LogP contribution < -0.4 is 9.47 Å². The minimum absolute atomic E-state index is 0.0792. The highest BCUT2D eigenvalue weighted by Crippen LogP contribution is 2.57. The van der Waals surface area contributed by atoms with Gasteiger partial charge in [-0.3, -0.25) is 19.2 Å². The van der Waals surface area contributed by atoms with Crippen molar-refractivity contribution in [1.82, 2.24) is 0 Å². The average Bonchev–Trinajstić information content (AvgIpc) is 3.80. The van der Waals surface area contributed by atoms with Crippen molar-refractivity contribution in [2.75, 3.05) is 0 Å². The Morgan fingerprint density at radius 3 is 1.36 bits per heavy atom. The lowest BCUT2D eigenvalue weighted by Gasteiger charge is -2.21. The van der Waals surface area contributed by atoms with E-state index >= 15 is 0 Å². The molecule has 5 aliphatic carbocycles. The highest BCUT2D eigenvalue weighted by Gasteiger charge is 2.57. The summed E-state index contributed by atoms with van der Waals surface area (Å²) >= 11 is 0. The first kappa shape index (κ1) is 22.0. The number of ketones is 2. The van der Waals surface area contributed by atoms with Crippen LogP contribution in [-0.4, -0.2) is 23.5 Å². The number of ether oxygens (including phenoxy) is 2. The quantitative estimate of drug-likeness (QED) is 0.376. The second-order valence-corrected chi connectivity index (χ2v) is 11.1. The van der Waals surface area contributed by atoms with Crippen molar-refractivity contribution in [3.63, 3.8) is 0 Å². The first-order valence-corrected chi connectivity index (χ1v) is 13.3. The maximum absolute atomic E-state index is 13.8. The molecule has 0 aliphatic heterocycles. The van der Waals surface area contributed by atoms with Gasteiger partial charge in [0.05, 0.1) is 23.0 Å². The summed E-state index contributed by atoms with van der Waals surface area (Å²) in [6.07, 6.45) is 8.72. The number of esters is 2. The van der Waals surface area contributed by atoms with Crippen molar-refractivity contribution in [3.8, 4) is 11.5 Å². The SMILES string of the molecule is O=C1c2cccc(OC(=O)C3[C@H]4CCCC[C@@H]34)c2C(=O)c2c(OC(=O)C3[C@H]4CCCC[C@@H]34)cccc21. The Hall–Kier alpha value is -3.28. The van der Waals surface area contributed by atoms with Crippen LogP contribution >= 0.6 is 0 Å². The fourth-order valence-corrected chi connectivity index (χ4v) is 7.39. The molecule has 184 valence electrons. The van der Waals surface area contributed by atoms with Crippen molar-refractivity contribution < 1.29 is 28.7 Å². The van der Waals surface area contributed by atoms with Crippen LogP contribution in [0.4, 0.5) is 0 Å². The molecule has 0 heterocycles. The molecule has 5 aliphatic rings.